The van der Waals surface area contributed by atoms with Gasteiger partial charge in [-0.05, 0) is 30.5 Å². The molecule has 2 aromatic rings. The lowest BCUT2D eigenvalue weighted by molar-refractivity contribution is -0.384. The largest absolute Gasteiger partial charge is 0.352 e. The Morgan fingerprint density at radius 2 is 1.67 bits per heavy atom. The van der Waals surface area contributed by atoms with Crippen LogP contribution >= 0.6 is 0 Å². The number of benzene rings is 2. The van der Waals surface area contributed by atoms with E-state index in [9.17, 15) is 19.7 Å². The molecular formula is C20H21N3O4. The monoisotopic (exact) mass is 367 g/mol. The molecule has 0 atom stereocenters. The van der Waals surface area contributed by atoms with Crippen molar-refractivity contribution in [2.24, 2.45) is 5.92 Å². The molecule has 1 aliphatic rings. The van der Waals surface area contributed by atoms with E-state index in [4.69, 9.17) is 0 Å². The van der Waals surface area contributed by atoms with Gasteiger partial charge in [0.2, 0.25) is 5.91 Å². The lowest BCUT2D eigenvalue weighted by Gasteiger charge is -2.31. The highest BCUT2D eigenvalue weighted by Crippen LogP contribution is 2.20. The first-order valence-corrected chi connectivity index (χ1v) is 8.90. The molecule has 7 nitrogen and oxygen atoms in total. The fraction of sp³-hybridized carbons (Fsp3) is 0.300. The summed E-state index contributed by atoms with van der Waals surface area (Å²) in [6.45, 7) is 1.50. The van der Waals surface area contributed by atoms with Gasteiger partial charge >= 0.3 is 0 Å². The Kier molecular flexibility index (Phi) is 5.80. The van der Waals surface area contributed by atoms with E-state index in [0.717, 1.165) is 5.56 Å². The molecule has 0 radical (unpaired) electrons. The molecule has 0 aliphatic carbocycles. The fourth-order valence-electron chi connectivity index (χ4n) is 3.18. The molecule has 0 bridgehead atoms. The fourth-order valence-corrected chi connectivity index (χ4v) is 3.18. The lowest BCUT2D eigenvalue weighted by Crippen LogP contribution is -2.42. The van der Waals surface area contributed by atoms with Crippen LogP contribution in [0.3, 0.4) is 0 Å². The summed E-state index contributed by atoms with van der Waals surface area (Å²) in [5, 5.41) is 13.7. The third kappa shape index (κ3) is 4.69. The van der Waals surface area contributed by atoms with E-state index in [1.807, 2.05) is 30.3 Å². The Labute approximate surface area is 157 Å². The first-order chi connectivity index (χ1) is 13.0. The van der Waals surface area contributed by atoms with Gasteiger partial charge in [0.1, 0.15) is 0 Å². The van der Waals surface area contributed by atoms with E-state index in [0.29, 0.717) is 38.0 Å². The molecule has 1 fully saturated rings. The first kappa shape index (κ1) is 18.6. The number of non-ortho nitro benzene ring substituents is 1. The van der Waals surface area contributed by atoms with Crippen LogP contribution in [0.2, 0.25) is 0 Å². The van der Waals surface area contributed by atoms with E-state index in [1.165, 1.54) is 24.3 Å². The summed E-state index contributed by atoms with van der Waals surface area (Å²) < 4.78 is 0. The van der Waals surface area contributed by atoms with Gasteiger partial charge in [0, 0.05) is 43.2 Å². The Bertz CT molecular complexity index is 813. The topological polar surface area (TPSA) is 92.6 Å². The number of amides is 2. The molecule has 2 aromatic carbocycles. The van der Waals surface area contributed by atoms with Gasteiger partial charge in [0.15, 0.2) is 0 Å². The van der Waals surface area contributed by atoms with Crippen LogP contribution < -0.4 is 5.32 Å². The molecule has 0 saturated carbocycles. The maximum atomic E-state index is 12.5. The number of likely N-dealkylation sites (tertiary alicyclic amines) is 1. The second-order valence-corrected chi connectivity index (χ2v) is 6.57. The summed E-state index contributed by atoms with van der Waals surface area (Å²) in [5.41, 5.74) is 1.43. The number of nitrogens with zero attached hydrogens (tertiary/aromatic N) is 2. The molecule has 1 N–H and O–H groups in total. The molecule has 2 amide bonds. The van der Waals surface area contributed by atoms with E-state index < -0.39 is 4.92 Å². The smallest absolute Gasteiger partial charge is 0.269 e. The minimum atomic E-state index is -0.492. The maximum absolute atomic E-state index is 12.5. The zero-order chi connectivity index (χ0) is 19.2. The molecule has 0 spiro atoms. The standard InChI is InChI=1S/C20H21N3O4/c24-19(21-14-15-4-2-1-3-5-15)16-10-12-22(13-11-16)20(25)17-6-8-18(9-7-17)23(26)27/h1-9,16H,10-14H2,(H,21,24). The molecular weight excluding hydrogens is 346 g/mol. The second-order valence-electron chi connectivity index (χ2n) is 6.57. The Morgan fingerprint density at radius 3 is 2.26 bits per heavy atom. The van der Waals surface area contributed by atoms with Gasteiger partial charge in [-0.3, -0.25) is 19.7 Å². The summed E-state index contributed by atoms with van der Waals surface area (Å²) >= 11 is 0. The predicted molar refractivity (Wildman–Crippen MR) is 100 cm³/mol. The van der Waals surface area contributed by atoms with E-state index in [-0.39, 0.29) is 23.4 Å². The highest BCUT2D eigenvalue weighted by Gasteiger charge is 2.27. The number of carbonyl (C=O) groups excluding carboxylic acids is 2. The van der Waals surface area contributed by atoms with Gasteiger partial charge < -0.3 is 10.2 Å². The SMILES string of the molecule is O=C(NCc1ccccc1)C1CCN(C(=O)c2ccc([N+](=O)[O-])cc2)CC1. The number of nitro groups is 1. The van der Waals surface area contributed by atoms with Gasteiger partial charge in [-0.2, -0.15) is 0 Å². The molecule has 1 heterocycles. The third-order valence-corrected chi connectivity index (χ3v) is 4.79. The van der Waals surface area contributed by atoms with Crippen LogP contribution in [0.15, 0.2) is 54.6 Å². The average Bonchev–Trinajstić information content (AvgIpc) is 2.72. The van der Waals surface area contributed by atoms with E-state index in [2.05, 4.69) is 5.32 Å². The molecule has 1 saturated heterocycles. The summed E-state index contributed by atoms with van der Waals surface area (Å²) in [4.78, 5) is 36.8. The normalized spacial score (nSPS) is 14.6. The summed E-state index contributed by atoms with van der Waals surface area (Å²) in [6.07, 6.45) is 1.22. The van der Waals surface area contributed by atoms with Crippen molar-refractivity contribution in [2.45, 2.75) is 19.4 Å². The van der Waals surface area contributed by atoms with Gasteiger partial charge in [0.05, 0.1) is 4.92 Å². The second kappa shape index (κ2) is 8.44. The van der Waals surface area contributed by atoms with Crippen LogP contribution in [0, 0.1) is 16.0 Å². The van der Waals surface area contributed by atoms with Crippen molar-refractivity contribution in [2.75, 3.05) is 13.1 Å². The van der Waals surface area contributed by atoms with Crippen LogP contribution in [0.25, 0.3) is 0 Å². The van der Waals surface area contributed by atoms with Crippen LogP contribution in [-0.4, -0.2) is 34.7 Å². The summed E-state index contributed by atoms with van der Waals surface area (Å²) in [6, 6.07) is 15.3. The molecule has 1 aliphatic heterocycles. The molecule has 3 rings (SSSR count). The average molecular weight is 367 g/mol. The molecule has 7 heteroatoms. The van der Waals surface area contributed by atoms with Crippen LogP contribution in [0.5, 0.6) is 0 Å². The minimum Gasteiger partial charge on any atom is -0.352 e. The summed E-state index contributed by atoms with van der Waals surface area (Å²) in [5.74, 6) is -0.246. The number of piperidine rings is 1. The van der Waals surface area contributed by atoms with E-state index in [1.54, 1.807) is 4.90 Å². The Morgan fingerprint density at radius 1 is 1.04 bits per heavy atom. The van der Waals surface area contributed by atoms with Crippen molar-refractivity contribution in [3.63, 3.8) is 0 Å². The summed E-state index contributed by atoms with van der Waals surface area (Å²) in [7, 11) is 0. The quantitative estimate of drug-likeness (QED) is 0.650. The van der Waals surface area contributed by atoms with Gasteiger partial charge in [0.25, 0.3) is 11.6 Å². The molecule has 27 heavy (non-hydrogen) atoms. The maximum Gasteiger partial charge on any atom is 0.269 e. The van der Waals surface area contributed by atoms with Crippen molar-refractivity contribution in [1.82, 2.24) is 10.2 Å². The number of nitrogens with one attached hydrogen (secondary N) is 1. The van der Waals surface area contributed by atoms with Gasteiger partial charge in [-0.25, -0.2) is 0 Å². The van der Waals surface area contributed by atoms with Crippen molar-refractivity contribution in [3.8, 4) is 0 Å². The minimum absolute atomic E-state index is 0.0151. The molecule has 0 unspecified atom stereocenters. The number of hydrogen-bond acceptors (Lipinski definition) is 4. The lowest BCUT2D eigenvalue weighted by atomic mass is 9.95. The van der Waals surface area contributed by atoms with Crippen molar-refractivity contribution in [1.29, 1.82) is 0 Å². The third-order valence-electron chi connectivity index (χ3n) is 4.79. The van der Waals surface area contributed by atoms with Crippen molar-refractivity contribution >= 4 is 17.5 Å². The van der Waals surface area contributed by atoms with Gasteiger partial charge in [-0.1, -0.05) is 30.3 Å². The highest BCUT2D eigenvalue weighted by molar-refractivity contribution is 5.94. The number of nitro benzene ring substituents is 1. The van der Waals surface area contributed by atoms with E-state index >= 15 is 0 Å². The number of carbonyl (C=O) groups is 2. The van der Waals surface area contributed by atoms with Gasteiger partial charge in [-0.15, -0.1) is 0 Å². The van der Waals surface area contributed by atoms with Crippen molar-refractivity contribution < 1.29 is 14.5 Å². The zero-order valence-corrected chi connectivity index (χ0v) is 14.8. The zero-order valence-electron chi connectivity index (χ0n) is 14.8. The predicted octanol–water partition coefficient (Wildman–Crippen LogP) is 2.76. The van der Waals surface area contributed by atoms with Crippen LogP contribution in [-0.2, 0) is 11.3 Å². The van der Waals surface area contributed by atoms with Crippen LogP contribution in [0.4, 0.5) is 5.69 Å². The first-order valence-electron chi connectivity index (χ1n) is 8.90. The number of hydrogen-bond donors (Lipinski definition) is 1. The van der Waals surface area contributed by atoms with Crippen LogP contribution in [0.1, 0.15) is 28.8 Å². The Hall–Kier alpha value is -3.22. The molecule has 140 valence electrons. The highest BCUT2D eigenvalue weighted by atomic mass is 16.6. The number of rotatable bonds is 5. The van der Waals surface area contributed by atoms with Crippen molar-refractivity contribution in [3.05, 3.63) is 75.8 Å². The molecule has 0 aromatic heterocycles. The Balaban J connectivity index is 1.49.